The van der Waals surface area contributed by atoms with Gasteiger partial charge < -0.3 is 14.9 Å². The lowest BCUT2D eigenvalue weighted by Gasteiger charge is -2.51. The van der Waals surface area contributed by atoms with Gasteiger partial charge in [-0.2, -0.15) is 0 Å². The fourth-order valence-corrected chi connectivity index (χ4v) is 3.69. The molecule has 2 atom stereocenters. The van der Waals surface area contributed by atoms with Gasteiger partial charge in [-0.3, -0.25) is 4.90 Å². The van der Waals surface area contributed by atoms with E-state index in [1.807, 2.05) is 6.08 Å². The fourth-order valence-electron chi connectivity index (χ4n) is 3.69. The number of nitrogens with zero attached hydrogens (tertiary/aromatic N) is 1. The lowest BCUT2D eigenvalue weighted by atomic mass is 9.75. The van der Waals surface area contributed by atoms with Crippen molar-refractivity contribution in [3.63, 3.8) is 0 Å². The molecule has 132 valence electrons. The first-order valence-electron chi connectivity index (χ1n) is 8.60. The Balaban J connectivity index is 1.53. The molecular formula is C19H26FNO3. The second-order valence-corrected chi connectivity index (χ2v) is 7.18. The smallest absolute Gasteiger partial charge is 0.123 e. The van der Waals surface area contributed by atoms with Gasteiger partial charge in [0, 0.05) is 26.1 Å². The minimum Gasteiger partial charge on any atom is -0.387 e. The average Bonchev–Trinajstić information content (AvgIpc) is 2.56. The Kier molecular flexibility index (Phi) is 5.06. The zero-order chi connectivity index (χ0) is 17.2. The third kappa shape index (κ3) is 3.70. The highest BCUT2D eigenvalue weighted by molar-refractivity contribution is 5.48. The van der Waals surface area contributed by atoms with Crippen molar-refractivity contribution in [2.45, 2.75) is 43.5 Å². The summed E-state index contributed by atoms with van der Waals surface area (Å²) in [7, 11) is 0. The van der Waals surface area contributed by atoms with Crippen LogP contribution in [0.4, 0.5) is 4.39 Å². The maximum absolute atomic E-state index is 12.9. The molecule has 4 nitrogen and oxygen atoms in total. The summed E-state index contributed by atoms with van der Waals surface area (Å²) in [6, 6.07) is 6.42. The van der Waals surface area contributed by atoms with Crippen molar-refractivity contribution in [1.82, 2.24) is 4.90 Å². The molecule has 2 aliphatic heterocycles. The molecule has 2 saturated heterocycles. The molecule has 2 N–H and O–H groups in total. The number of benzene rings is 1. The first-order valence-corrected chi connectivity index (χ1v) is 8.60. The van der Waals surface area contributed by atoms with E-state index in [1.165, 1.54) is 12.1 Å². The van der Waals surface area contributed by atoms with Gasteiger partial charge in [0.2, 0.25) is 0 Å². The molecule has 0 unspecified atom stereocenters. The van der Waals surface area contributed by atoms with Crippen LogP contribution in [0.5, 0.6) is 0 Å². The normalized spacial score (nSPS) is 30.9. The molecule has 24 heavy (non-hydrogen) atoms. The number of hydrogen-bond acceptors (Lipinski definition) is 4. The highest BCUT2D eigenvalue weighted by atomic mass is 19.1. The summed E-state index contributed by atoms with van der Waals surface area (Å²) in [4.78, 5) is 2.30. The molecule has 3 rings (SSSR count). The number of rotatable bonds is 3. The summed E-state index contributed by atoms with van der Waals surface area (Å²) >= 11 is 0. The summed E-state index contributed by atoms with van der Waals surface area (Å²) in [6.07, 6.45) is 5.12. The molecule has 0 amide bonds. The molecular weight excluding hydrogens is 309 g/mol. The number of aliphatic hydroxyl groups is 2. The highest BCUT2D eigenvalue weighted by Crippen LogP contribution is 2.39. The summed E-state index contributed by atoms with van der Waals surface area (Å²) in [5.74, 6) is -0.226. The van der Waals surface area contributed by atoms with E-state index in [0.29, 0.717) is 25.9 Å². The van der Waals surface area contributed by atoms with Crippen LogP contribution in [0.25, 0.3) is 6.08 Å². The standard InChI is InChI=1S/C19H26FNO3/c1-18(23)10-14-24-19(17(18)22)8-12-21(13-9-19)11-2-3-15-4-6-16(20)7-5-15/h2-7,17,22-23H,8-14H2,1H3/b3-2+/t17-,18+/m0/s1. The predicted molar refractivity (Wildman–Crippen MR) is 91.0 cm³/mol. The van der Waals surface area contributed by atoms with E-state index < -0.39 is 17.3 Å². The Morgan fingerprint density at radius 2 is 1.92 bits per heavy atom. The first kappa shape index (κ1) is 17.5. The van der Waals surface area contributed by atoms with Crippen molar-refractivity contribution in [3.8, 4) is 0 Å². The molecule has 2 heterocycles. The molecule has 0 saturated carbocycles. The van der Waals surface area contributed by atoms with Gasteiger partial charge in [0.1, 0.15) is 11.9 Å². The van der Waals surface area contributed by atoms with Crippen molar-refractivity contribution >= 4 is 6.08 Å². The zero-order valence-corrected chi connectivity index (χ0v) is 14.1. The highest BCUT2D eigenvalue weighted by Gasteiger charge is 2.52. The molecule has 0 aromatic heterocycles. The number of halogens is 1. The number of likely N-dealkylation sites (tertiary alicyclic amines) is 1. The fraction of sp³-hybridized carbons (Fsp3) is 0.579. The minimum absolute atomic E-state index is 0.226. The number of ether oxygens (including phenoxy) is 1. The van der Waals surface area contributed by atoms with Crippen LogP contribution in [0.2, 0.25) is 0 Å². The topological polar surface area (TPSA) is 52.9 Å². The third-order valence-electron chi connectivity index (χ3n) is 5.33. The monoisotopic (exact) mass is 335 g/mol. The number of piperidine rings is 1. The Hall–Kier alpha value is -1.27. The Bertz CT molecular complexity index is 577. The summed E-state index contributed by atoms with van der Waals surface area (Å²) in [6.45, 7) is 4.63. The van der Waals surface area contributed by atoms with E-state index in [9.17, 15) is 14.6 Å². The maximum Gasteiger partial charge on any atom is 0.123 e. The second kappa shape index (κ2) is 6.92. The van der Waals surface area contributed by atoms with Gasteiger partial charge in [0.05, 0.1) is 17.8 Å². The van der Waals surface area contributed by atoms with Gasteiger partial charge in [0.15, 0.2) is 0 Å². The Morgan fingerprint density at radius 3 is 2.58 bits per heavy atom. The van der Waals surface area contributed by atoms with Crippen LogP contribution in [-0.2, 0) is 4.74 Å². The van der Waals surface area contributed by atoms with E-state index in [0.717, 1.165) is 25.2 Å². The van der Waals surface area contributed by atoms with E-state index in [-0.39, 0.29) is 5.82 Å². The molecule has 2 fully saturated rings. The molecule has 1 aromatic carbocycles. The van der Waals surface area contributed by atoms with Gasteiger partial charge in [-0.05, 0) is 37.5 Å². The summed E-state index contributed by atoms with van der Waals surface area (Å²) < 4.78 is 18.8. The Morgan fingerprint density at radius 1 is 1.25 bits per heavy atom. The quantitative estimate of drug-likeness (QED) is 0.889. The first-order chi connectivity index (χ1) is 11.4. The van der Waals surface area contributed by atoms with Gasteiger partial charge in [-0.25, -0.2) is 4.39 Å². The zero-order valence-electron chi connectivity index (χ0n) is 14.1. The van der Waals surface area contributed by atoms with Crippen LogP contribution in [0.15, 0.2) is 30.3 Å². The summed E-state index contributed by atoms with van der Waals surface area (Å²) in [5.41, 5.74) is -0.700. The predicted octanol–water partition coefficient (Wildman–Crippen LogP) is 2.21. The molecule has 5 heteroatoms. The molecule has 0 radical (unpaired) electrons. The minimum atomic E-state index is -1.07. The maximum atomic E-state index is 12.9. The van der Waals surface area contributed by atoms with Gasteiger partial charge in [0.25, 0.3) is 0 Å². The van der Waals surface area contributed by atoms with Crippen LogP contribution in [-0.4, -0.2) is 58.7 Å². The van der Waals surface area contributed by atoms with E-state index in [4.69, 9.17) is 4.74 Å². The van der Waals surface area contributed by atoms with Crippen molar-refractivity contribution < 1.29 is 19.3 Å². The third-order valence-corrected chi connectivity index (χ3v) is 5.33. The van der Waals surface area contributed by atoms with Gasteiger partial charge >= 0.3 is 0 Å². The van der Waals surface area contributed by atoms with Crippen LogP contribution in [0, 0.1) is 5.82 Å². The second-order valence-electron chi connectivity index (χ2n) is 7.18. The largest absolute Gasteiger partial charge is 0.387 e. The van der Waals surface area contributed by atoms with Crippen molar-refractivity contribution in [2.24, 2.45) is 0 Å². The molecule has 2 aliphatic rings. The summed E-state index contributed by atoms with van der Waals surface area (Å²) in [5, 5.41) is 20.8. The molecule has 1 aromatic rings. The van der Waals surface area contributed by atoms with Crippen LogP contribution in [0.3, 0.4) is 0 Å². The van der Waals surface area contributed by atoms with Crippen molar-refractivity contribution in [2.75, 3.05) is 26.2 Å². The van der Waals surface area contributed by atoms with Crippen LogP contribution in [0.1, 0.15) is 31.7 Å². The number of hydrogen-bond donors (Lipinski definition) is 2. The Labute approximate surface area is 142 Å². The molecule has 0 bridgehead atoms. The lowest BCUT2D eigenvalue weighted by molar-refractivity contribution is -0.245. The molecule has 0 aliphatic carbocycles. The SMILES string of the molecule is C[C@@]1(O)CCOC2(CCN(C/C=C/c3ccc(F)cc3)CC2)[C@H]1O. The van der Waals surface area contributed by atoms with Crippen LogP contribution < -0.4 is 0 Å². The van der Waals surface area contributed by atoms with Crippen molar-refractivity contribution in [3.05, 3.63) is 41.7 Å². The van der Waals surface area contributed by atoms with Crippen molar-refractivity contribution in [1.29, 1.82) is 0 Å². The van der Waals surface area contributed by atoms with E-state index in [1.54, 1.807) is 19.1 Å². The lowest BCUT2D eigenvalue weighted by Crippen LogP contribution is -2.64. The number of aliphatic hydroxyl groups excluding tert-OH is 1. The van der Waals surface area contributed by atoms with E-state index in [2.05, 4.69) is 11.0 Å². The molecule has 1 spiro atoms. The van der Waals surface area contributed by atoms with Crippen LogP contribution >= 0.6 is 0 Å². The van der Waals surface area contributed by atoms with Gasteiger partial charge in [-0.15, -0.1) is 0 Å². The van der Waals surface area contributed by atoms with E-state index >= 15 is 0 Å². The van der Waals surface area contributed by atoms with Gasteiger partial charge in [-0.1, -0.05) is 24.3 Å². The average molecular weight is 335 g/mol.